The Hall–Kier alpha value is -4.49. The first-order valence-electron chi connectivity index (χ1n) is 13.7. The predicted octanol–water partition coefficient (Wildman–Crippen LogP) is 8.90. The maximum Gasteiger partial charge on any atom is 0.263 e. The minimum Gasteiger partial charge on any atom is -0.493 e. The van der Waals surface area contributed by atoms with Crippen LogP contribution in [0.3, 0.4) is 0 Å². The summed E-state index contributed by atoms with van der Waals surface area (Å²) in [5.41, 5.74) is 9.35. The molecule has 3 N–H and O–H groups in total. The molecule has 7 rings (SSSR count). The van der Waals surface area contributed by atoms with Crippen molar-refractivity contribution in [1.82, 2.24) is 9.97 Å². The van der Waals surface area contributed by atoms with Gasteiger partial charge in [0.05, 0.1) is 30.5 Å². The van der Waals surface area contributed by atoms with E-state index in [0.717, 1.165) is 27.6 Å². The first-order valence-corrected chi connectivity index (χ1v) is 17.0. The van der Waals surface area contributed by atoms with Gasteiger partial charge in [-0.1, -0.05) is 72.8 Å². The van der Waals surface area contributed by atoms with Crippen LogP contribution in [-0.2, 0) is 10.0 Å². The number of anilines is 2. The molecule has 0 saturated heterocycles. The third-order valence-electron chi connectivity index (χ3n) is 7.00. The number of hydrogen-bond donors (Lipinski definition) is 2. The number of benzene rings is 5. The van der Waals surface area contributed by atoms with Crippen LogP contribution in [0.1, 0.15) is 0 Å². The summed E-state index contributed by atoms with van der Waals surface area (Å²) in [6.45, 7) is 0. The molecule has 0 amide bonds. The van der Waals surface area contributed by atoms with E-state index in [0.29, 0.717) is 27.5 Å². The smallest absolute Gasteiger partial charge is 0.263 e. The van der Waals surface area contributed by atoms with Gasteiger partial charge in [-0.3, -0.25) is 4.72 Å². The molecule has 0 unspecified atom stereocenters. The molecule has 7 aromatic rings. The van der Waals surface area contributed by atoms with E-state index in [2.05, 4.69) is 45.0 Å². The van der Waals surface area contributed by atoms with Crippen LogP contribution in [-0.4, -0.2) is 32.6 Å². The summed E-state index contributed by atoms with van der Waals surface area (Å²) >= 11 is 2.70. The highest BCUT2D eigenvalue weighted by Crippen LogP contribution is 2.32. The summed E-state index contributed by atoms with van der Waals surface area (Å²) in [5.74, 6) is 0.797. The maximum absolute atomic E-state index is 12.7. The van der Waals surface area contributed by atoms with E-state index in [9.17, 15) is 8.42 Å². The summed E-state index contributed by atoms with van der Waals surface area (Å²) < 4.78 is 38.4. The summed E-state index contributed by atoms with van der Waals surface area (Å²) in [4.78, 5) is 8.80. The molecule has 46 heavy (non-hydrogen) atoms. The Kier molecular flexibility index (Phi) is 10.2. The number of nitrogens with zero attached hydrogens (tertiary/aromatic N) is 2. The van der Waals surface area contributed by atoms with Gasteiger partial charge in [0.1, 0.15) is 0 Å². The van der Waals surface area contributed by atoms with E-state index in [4.69, 9.17) is 15.2 Å². The number of nitrogens with two attached hydrogens (primary N) is 1. The fourth-order valence-corrected chi connectivity index (χ4v) is 7.29. The van der Waals surface area contributed by atoms with E-state index in [-0.39, 0.29) is 21.9 Å². The monoisotopic (exact) mass is 732 g/mol. The number of halogens is 1. The number of methoxy groups -OCH3 is 2. The summed E-state index contributed by atoms with van der Waals surface area (Å²) in [6.07, 6.45) is 0. The molecule has 0 aliphatic rings. The molecule has 0 atom stereocenters. The van der Waals surface area contributed by atoms with E-state index >= 15 is 0 Å². The number of sulfonamides is 1. The number of aromatic nitrogens is 2. The zero-order valence-electron chi connectivity index (χ0n) is 24.7. The lowest BCUT2D eigenvalue weighted by atomic mass is 10.1. The summed E-state index contributed by atoms with van der Waals surface area (Å²) in [5, 5.41) is 9.44. The van der Waals surface area contributed by atoms with Gasteiger partial charge in [0.2, 0.25) is 0 Å². The van der Waals surface area contributed by atoms with Crippen molar-refractivity contribution >= 4 is 81.5 Å². The highest BCUT2D eigenvalue weighted by atomic mass is 79.9. The molecule has 12 heteroatoms. The van der Waals surface area contributed by atoms with Crippen molar-refractivity contribution in [2.45, 2.75) is 4.90 Å². The molecule has 0 saturated carbocycles. The Labute approximate surface area is 285 Å². The standard InChI is InChI=1S/C21H18N2O4S2.C13H10N2S.BrH/c1-26-19-10-9-17(12-20(19)27-2)29(24,25)23-21-22-18(13-28-21)16-8-7-14-5-3-4-6-15(14)11-16;14-13-15-12(8-16-13)11-6-5-9-3-1-2-4-10(9)7-11;/h3-13H,1-2H3,(H,22,23);1-8H,(H2,14,15);1H. The molecule has 0 spiro atoms. The molecule has 0 radical (unpaired) electrons. The average Bonchev–Trinajstić information content (AvgIpc) is 3.73. The topological polar surface area (TPSA) is 116 Å². The fraction of sp³-hybridized carbons (Fsp3) is 0.0588. The molecule has 0 aliphatic carbocycles. The largest absolute Gasteiger partial charge is 0.493 e. The van der Waals surface area contributed by atoms with E-state index in [1.54, 1.807) is 6.07 Å². The van der Waals surface area contributed by atoms with E-state index < -0.39 is 10.0 Å². The van der Waals surface area contributed by atoms with Crippen LogP contribution in [0.5, 0.6) is 11.5 Å². The van der Waals surface area contributed by atoms with Crippen molar-refractivity contribution in [3.05, 3.63) is 114 Å². The van der Waals surface area contributed by atoms with Gasteiger partial charge in [0, 0.05) is 28.0 Å². The highest BCUT2D eigenvalue weighted by molar-refractivity contribution is 8.93. The second-order valence-electron chi connectivity index (χ2n) is 9.86. The Bertz CT molecular complexity index is 2240. The van der Waals surface area contributed by atoms with Crippen LogP contribution >= 0.6 is 39.7 Å². The minimum absolute atomic E-state index is 0. The van der Waals surface area contributed by atoms with Crippen LogP contribution in [0.4, 0.5) is 10.3 Å². The molecule has 5 aromatic carbocycles. The zero-order chi connectivity index (χ0) is 31.4. The van der Waals surface area contributed by atoms with Crippen LogP contribution in [0.2, 0.25) is 0 Å². The Morgan fingerprint density at radius 3 is 1.74 bits per heavy atom. The third kappa shape index (κ3) is 7.31. The van der Waals surface area contributed by atoms with Crippen molar-refractivity contribution in [3.63, 3.8) is 0 Å². The molecule has 0 aliphatic heterocycles. The lowest BCUT2D eigenvalue weighted by Gasteiger charge is -2.10. The summed E-state index contributed by atoms with van der Waals surface area (Å²) in [6, 6.07) is 33.2. The summed E-state index contributed by atoms with van der Waals surface area (Å²) in [7, 11) is -0.861. The Balaban J connectivity index is 0.000000207. The highest BCUT2D eigenvalue weighted by Gasteiger charge is 2.19. The minimum atomic E-state index is -3.81. The van der Waals surface area contributed by atoms with Crippen molar-refractivity contribution in [2.24, 2.45) is 0 Å². The van der Waals surface area contributed by atoms with Gasteiger partial charge in [0.25, 0.3) is 10.0 Å². The van der Waals surface area contributed by atoms with Gasteiger partial charge in [-0.05, 0) is 45.8 Å². The van der Waals surface area contributed by atoms with Crippen LogP contribution in [0.25, 0.3) is 44.1 Å². The first kappa shape index (κ1) is 32.9. The van der Waals surface area contributed by atoms with Crippen molar-refractivity contribution in [2.75, 3.05) is 24.7 Å². The number of fused-ring (bicyclic) bond motifs is 2. The Morgan fingerprint density at radius 2 is 1.20 bits per heavy atom. The zero-order valence-corrected chi connectivity index (χ0v) is 28.9. The Morgan fingerprint density at radius 1 is 0.652 bits per heavy atom. The number of ether oxygens (including phenoxy) is 2. The SMILES string of the molecule is Br.COc1ccc(S(=O)(=O)Nc2nc(-c3ccc4ccccc4c3)cs2)cc1OC.Nc1nc(-c2ccc3ccccc3c2)cs1. The van der Waals surface area contributed by atoms with Crippen LogP contribution in [0, 0.1) is 0 Å². The quantitative estimate of drug-likeness (QED) is 0.168. The number of nitrogen functional groups attached to an aromatic ring is 1. The van der Waals surface area contributed by atoms with Gasteiger partial charge < -0.3 is 15.2 Å². The molecule has 0 bridgehead atoms. The number of nitrogens with one attached hydrogen (secondary N) is 1. The number of rotatable bonds is 7. The molecule has 2 heterocycles. The van der Waals surface area contributed by atoms with Crippen molar-refractivity contribution < 1.29 is 17.9 Å². The number of hydrogen-bond acceptors (Lipinski definition) is 9. The second kappa shape index (κ2) is 14.3. The van der Waals surface area contributed by atoms with Gasteiger partial charge in [0.15, 0.2) is 21.8 Å². The fourth-order valence-electron chi connectivity index (χ4n) is 4.73. The normalized spacial score (nSPS) is 10.9. The molecular weight excluding hydrogens is 705 g/mol. The van der Waals surface area contributed by atoms with Crippen molar-refractivity contribution in [1.29, 1.82) is 0 Å². The lowest BCUT2D eigenvalue weighted by molar-refractivity contribution is 0.354. The van der Waals surface area contributed by atoms with E-state index in [1.807, 2.05) is 65.4 Å². The predicted molar refractivity (Wildman–Crippen MR) is 195 cm³/mol. The molecular formula is C34H29BrN4O4S3. The van der Waals surface area contributed by atoms with Gasteiger partial charge in [-0.15, -0.1) is 39.7 Å². The molecule has 2 aromatic heterocycles. The van der Waals surface area contributed by atoms with Crippen LogP contribution < -0.4 is 19.9 Å². The molecule has 8 nitrogen and oxygen atoms in total. The second-order valence-corrected chi connectivity index (χ2v) is 13.3. The number of thiazole rings is 2. The van der Waals surface area contributed by atoms with Crippen LogP contribution in [0.15, 0.2) is 119 Å². The first-order chi connectivity index (χ1) is 21.8. The third-order valence-corrected chi connectivity index (χ3v) is 9.90. The molecule has 0 fully saturated rings. The van der Waals surface area contributed by atoms with Crippen molar-refractivity contribution in [3.8, 4) is 34.0 Å². The maximum atomic E-state index is 12.7. The lowest BCUT2D eigenvalue weighted by Crippen LogP contribution is -2.13. The van der Waals surface area contributed by atoms with Gasteiger partial charge in [-0.25, -0.2) is 18.4 Å². The van der Waals surface area contributed by atoms with Gasteiger partial charge >= 0.3 is 0 Å². The average molecular weight is 734 g/mol. The van der Waals surface area contributed by atoms with E-state index in [1.165, 1.54) is 59.8 Å². The van der Waals surface area contributed by atoms with Gasteiger partial charge in [-0.2, -0.15) is 0 Å². The molecule has 234 valence electrons.